The average molecular weight is 301 g/mol. The van der Waals surface area contributed by atoms with Gasteiger partial charge < -0.3 is 15.4 Å². The van der Waals surface area contributed by atoms with Crippen molar-refractivity contribution in [2.45, 2.75) is 4.90 Å². The van der Waals surface area contributed by atoms with Gasteiger partial charge in [-0.05, 0) is 24.3 Å². The van der Waals surface area contributed by atoms with Crippen LogP contribution in [0.15, 0.2) is 29.2 Å². The van der Waals surface area contributed by atoms with Crippen molar-refractivity contribution in [3.8, 4) is 0 Å². The van der Waals surface area contributed by atoms with Gasteiger partial charge in [0.2, 0.25) is 10.0 Å². The predicted molar refractivity (Wildman–Crippen MR) is 71.3 cm³/mol. The first-order valence-electron chi connectivity index (χ1n) is 5.55. The Kier molecular flexibility index (Phi) is 5.62. The van der Waals surface area contributed by atoms with E-state index in [0.717, 1.165) is 0 Å². The summed E-state index contributed by atoms with van der Waals surface area (Å²) in [5, 5.41) is 9.60. The maximum atomic E-state index is 11.5. The second kappa shape index (κ2) is 6.98. The van der Waals surface area contributed by atoms with Crippen LogP contribution in [0.2, 0.25) is 0 Å². The molecule has 2 amide bonds. The van der Waals surface area contributed by atoms with Crippen molar-refractivity contribution in [2.24, 2.45) is 5.14 Å². The fourth-order valence-electron chi connectivity index (χ4n) is 1.26. The lowest BCUT2D eigenvalue weighted by molar-refractivity contribution is -0.136. The van der Waals surface area contributed by atoms with Crippen LogP contribution in [-0.2, 0) is 24.3 Å². The zero-order chi connectivity index (χ0) is 15.2. The number of sulfonamides is 1. The standard InChI is InChI=1S/C11H15N3O5S/c1-19-7-6-13-10(15)11(16)14-8-2-4-9(5-3-8)20(12,17)18/h2-5H,6-7H2,1H3,(H,13,15)(H,14,16)(H2,12,17,18). The summed E-state index contributed by atoms with van der Waals surface area (Å²) in [5.41, 5.74) is 0.282. The van der Waals surface area contributed by atoms with E-state index in [1.165, 1.54) is 31.4 Å². The van der Waals surface area contributed by atoms with Crippen LogP contribution in [0.3, 0.4) is 0 Å². The molecule has 0 atom stereocenters. The second-order valence-corrected chi connectivity index (χ2v) is 5.33. The maximum absolute atomic E-state index is 11.5. The fourth-order valence-corrected chi connectivity index (χ4v) is 1.78. The minimum Gasteiger partial charge on any atom is -0.383 e. The quantitative estimate of drug-likeness (QED) is 0.476. The molecular formula is C11H15N3O5S. The average Bonchev–Trinajstić information content (AvgIpc) is 2.38. The van der Waals surface area contributed by atoms with Crippen LogP contribution in [0.1, 0.15) is 0 Å². The Labute approximate surface area is 116 Å². The zero-order valence-electron chi connectivity index (χ0n) is 10.8. The van der Waals surface area contributed by atoms with E-state index in [1.54, 1.807) is 0 Å². The largest absolute Gasteiger partial charge is 0.383 e. The first-order chi connectivity index (χ1) is 9.34. The van der Waals surface area contributed by atoms with Gasteiger partial charge in [0.15, 0.2) is 0 Å². The molecule has 110 valence electrons. The molecule has 1 rings (SSSR count). The first-order valence-corrected chi connectivity index (χ1v) is 7.10. The van der Waals surface area contributed by atoms with Gasteiger partial charge in [-0.1, -0.05) is 0 Å². The van der Waals surface area contributed by atoms with Crippen LogP contribution < -0.4 is 15.8 Å². The number of carbonyl (C=O) groups is 2. The van der Waals surface area contributed by atoms with Crippen LogP contribution in [0.25, 0.3) is 0 Å². The van der Waals surface area contributed by atoms with E-state index in [0.29, 0.717) is 6.61 Å². The summed E-state index contributed by atoms with van der Waals surface area (Å²) in [4.78, 5) is 22.8. The van der Waals surface area contributed by atoms with Crippen molar-refractivity contribution in [3.63, 3.8) is 0 Å². The van der Waals surface area contributed by atoms with Crippen molar-refractivity contribution < 1.29 is 22.7 Å². The molecule has 9 heteroatoms. The number of methoxy groups -OCH3 is 1. The third-order valence-corrected chi connectivity index (χ3v) is 3.17. The zero-order valence-corrected chi connectivity index (χ0v) is 11.6. The molecule has 0 aliphatic carbocycles. The van der Waals surface area contributed by atoms with Crippen molar-refractivity contribution in [3.05, 3.63) is 24.3 Å². The van der Waals surface area contributed by atoms with Gasteiger partial charge in [-0.3, -0.25) is 9.59 Å². The fraction of sp³-hybridized carbons (Fsp3) is 0.273. The van der Waals surface area contributed by atoms with Gasteiger partial charge in [-0.15, -0.1) is 0 Å². The number of carbonyl (C=O) groups excluding carboxylic acids is 2. The molecule has 0 saturated carbocycles. The molecule has 0 bridgehead atoms. The van der Waals surface area contributed by atoms with Gasteiger partial charge in [0.05, 0.1) is 11.5 Å². The van der Waals surface area contributed by atoms with Crippen LogP contribution in [0, 0.1) is 0 Å². The summed E-state index contributed by atoms with van der Waals surface area (Å²) >= 11 is 0. The number of amides is 2. The monoisotopic (exact) mass is 301 g/mol. The molecule has 4 N–H and O–H groups in total. The highest BCUT2D eigenvalue weighted by molar-refractivity contribution is 7.89. The summed E-state index contributed by atoms with van der Waals surface area (Å²) in [5.74, 6) is -1.66. The van der Waals surface area contributed by atoms with E-state index >= 15 is 0 Å². The van der Waals surface area contributed by atoms with Gasteiger partial charge >= 0.3 is 11.8 Å². The lowest BCUT2D eigenvalue weighted by Gasteiger charge is -2.06. The number of hydrogen-bond acceptors (Lipinski definition) is 5. The van der Waals surface area contributed by atoms with Crippen LogP contribution in [0.4, 0.5) is 5.69 Å². The Morgan fingerprint density at radius 2 is 1.80 bits per heavy atom. The third kappa shape index (κ3) is 4.96. The Balaban J connectivity index is 2.60. The molecule has 0 aromatic heterocycles. The molecule has 20 heavy (non-hydrogen) atoms. The number of anilines is 1. The van der Waals surface area contributed by atoms with Gasteiger partial charge in [0.1, 0.15) is 0 Å². The molecule has 0 radical (unpaired) electrons. The number of nitrogens with one attached hydrogen (secondary N) is 2. The van der Waals surface area contributed by atoms with Crippen LogP contribution in [-0.4, -0.2) is 40.5 Å². The molecular weight excluding hydrogens is 286 g/mol. The third-order valence-electron chi connectivity index (χ3n) is 2.24. The number of primary sulfonamides is 1. The summed E-state index contributed by atoms with van der Waals surface area (Å²) in [7, 11) is -2.31. The highest BCUT2D eigenvalue weighted by atomic mass is 32.2. The summed E-state index contributed by atoms with van der Waals surface area (Å²) < 4.78 is 26.8. The number of nitrogens with two attached hydrogens (primary N) is 1. The van der Waals surface area contributed by atoms with Crippen molar-refractivity contribution in [2.75, 3.05) is 25.6 Å². The van der Waals surface area contributed by atoms with E-state index in [9.17, 15) is 18.0 Å². The second-order valence-electron chi connectivity index (χ2n) is 3.77. The molecule has 0 aliphatic heterocycles. The Morgan fingerprint density at radius 3 is 2.30 bits per heavy atom. The minimum atomic E-state index is -3.79. The van der Waals surface area contributed by atoms with Crippen molar-refractivity contribution >= 4 is 27.5 Å². The maximum Gasteiger partial charge on any atom is 0.313 e. The number of hydrogen-bond donors (Lipinski definition) is 3. The smallest absolute Gasteiger partial charge is 0.313 e. The molecule has 0 saturated heterocycles. The van der Waals surface area contributed by atoms with E-state index < -0.39 is 21.8 Å². The highest BCUT2D eigenvalue weighted by Gasteiger charge is 2.13. The summed E-state index contributed by atoms with van der Waals surface area (Å²) in [6.07, 6.45) is 0. The molecule has 1 aromatic carbocycles. The molecule has 0 spiro atoms. The van der Waals surface area contributed by atoms with Gasteiger partial charge in [0, 0.05) is 19.3 Å². The van der Waals surface area contributed by atoms with Gasteiger partial charge in [-0.25, -0.2) is 13.6 Å². The number of benzene rings is 1. The first kappa shape index (κ1) is 16.1. The van der Waals surface area contributed by atoms with Crippen molar-refractivity contribution in [1.82, 2.24) is 5.32 Å². The van der Waals surface area contributed by atoms with E-state index in [1.807, 2.05) is 0 Å². The molecule has 1 aromatic rings. The Hall–Kier alpha value is -1.97. The molecule has 0 aliphatic rings. The molecule has 0 fully saturated rings. The highest BCUT2D eigenvalue weighted by Crippen LogP contribution is 2.12. The summed E-state index contributed by atoms with van der Waals surface area (Å²) in [6.45, 7) is 0.509. The number of ether oxygens (including phenoxy) is 1. The lowest BCUT2D eigenvalue weighted by Crippen LogP contribution is -2.37. The Morgan fingerprint density at radius 1 is 1.20 bits per heavy atom. The SMILES string of the molecule is COCCNC(=O)C(=O)Nc1ccc(S(N)(=O)=O)cc1. The van der Waals surface area contributed by atoms with E-state index in [2.05, 4.69) is 10.6 Å². The van der Waals surface area contributed by atoms with E-state index in [-0.39, 0.29) is 17.1 Å². The topological polar surface area (TPSA) is 128 Å². The van der Waals surface area contributed by atoms with Gasteiger partial charge in [0.25, 0.3) is 0 Å². The molecule has 0 unspecified atom stereocenters. The number of rotatable bonds is 5. The minimum absolute atomic E-state index is 0.0833. The Bertz CT molecular complexity index is 583. The predicted octanol–water partition coefficient (Wildman–Crippen LogP) is -0.965. The lowest BCUT2D eigenvalue weighted by atomic mass is 10.3. The van der Waals surface area contributed by atoms with Crippen LogP contribution >= 0.6 is 0 Å². The van der Waals surface area contributed by atoms with Gasteiger partial charge in [-0.2, -0.15) is 0 Å². The normalized spacial score (nSPS) is 10.9. The van der Waals surface area contributed by atoms with Crippen LogP contribution in [0.5, 0.6) is 0 Å². The summed E-state index contributed by atoms with van der Waals surface area (Å²) in [6, 6.07) is 5.13. The van der Waals surface area contributed by atoms with E-state index in [4.69, 9.17) is 9.88 Å². The molecule has 8 nitrogen and oxygen atoms in total. The molecule has 0 heterocycles. The van der Waals surface area contributed by atoms with Crippen molar-refractivity contribution in [1.29, 1.82) is 0 Å².